The minimum atomic E-state index is -4.40. The van der Waals surface area contributed by atoms with Gasteiger partial charge in [-0.2, -0.15) is 0 Å². The van der Waals surface area contributed by atoms with Crippen molar-refractivity contribution in [3.8, 4) is 11.5 Å². The van der Waals surface area contributed by atoms with Gasteiger partial charge in [-0.1, -0.05) is 13.0 Å². The van der Waals surface area contributed by atoms with E-state index in [0.717, 1.165) is 49.8 Å². The summed E-state index contributed by atoms with van der Waals surface area (Å²) in [5.74, 6) is 1.83. The van der Waals surface area contributed by atoms with Crippen molar-refractivity contribution < 1.29 is 26.5 Å². The van der Waals surface area contributed by atoms with Gasteiger partial charge in [0.15, 0.2) is 0 Å². The van der Waals surface area contributed by atoms with Crippen molar-refractivity contribution in [1.82, 2.24) is 0 Å². The van der Waals surface area contributed by atoms with Crippen molar-refractivity contribution in [2.45, 2.75) is 51.4 Å². The van der Waals surface area contributed by atoms with Crippen LogP contribution in [0.15, 0.2) is 42.5 Å². The highest BCUT2D eigenvalue weighted by Crippen LogP contribution is 2.59. The van der Waals surface area contributed by atoms with Crippen molar-refractivity contribution in [3.05, 3.63) is 63.7 Å². The number of benzene rings is 2. The number of aryl methyl sites for hydroxylation is 1. The highest BCUT2D eigenvalue weighted by molar-refractivity contribution is 7.82. The molecule has 174 valence electrons. The lowest BCUT2D eigenvalue weighted by Crippen LogP contribution is -2.42. The van der Waals surface area contributed by atoms with Gasteiger partial charge < -0.3 is 8.37 Å². The largest absolute Gasteiger partial charge is 0.500 e. The first-order chi connectivity index (χ1) is 15.7. The second-order valence-corrected chi connectivity index (χ2v) is 10.7. The predicted molar refractivity (Wildman–Crippen MR) is 119 cm³/mol. The minimum absolute atomic E-state index is 0.0715. The SMILES string of the molecule is C[C@]12CC[C@@H]3c4ccc(OS(=O)(=O)Oc5ccc([N+](=O)[O-])cc5)cc4CC[C@H]3[C@@H]1CCC2=O. The van der Waals surface area contributed by atoms with Crippen LogP contribution in [0, 0.1) is 27.4 Å². The van der Waals surface area contributed by atoms with Crippen molar-refractivity contribution in [3.63, 3.8) is 0 Å². The number of rotatable bonds is 5. The van der Waals surface area contributed by atoms with Gasteiger partial charge in [0.2, 0.25) is 0 Å². The van der Waals surface area contributed by atoms with Crippen LogP contribution < -0.4 is 8.37 Å². The summed E-state index contributed by atoms with van der Waals surface area (Å²) in [5.41, 5.74) is 1.96. The Balaban J connectivity index is 1.31. The summed E-state index contributed by atoms with van der Waals surface area (Å²) < 4.78 is 34.8. The van der Waals surface area contributed by atoms with Gasteiger partial charge in [0, 0.05) is 24.0 Å². The van der Waals surface area contributed by atoms with E-state index >= 15 is 0 Å². The van der Waals surface area contributed by atoms with Gasteiger partial charge in [-0.25, -0.2) is 0 Å². The third kappa shape index (κ3) is 3.88. The number of hydrogen-bond acceptors (Lipinski definition) is 7. The molecular weight excluding hydrogens is 446 g/mol. The molecule has 2 fully saturated rings. The molecule has 2 saturated carbocycles. The van der Waals surface area contributed by atoms with E-state index in [9.17, 15) is 23.3 Å². The number of Topliss-reactive ketones (excluding diaryl/α,β-unsaturated/α-hetero) is 1. The number of hydrogen-bond donors (Lipinski definition) is 0. The summed E-state index contributed by atoms with van der Waals surface area (Å²) in [6, 6.07) is 10.1. The molecule has 0 aliphatic heterocycles. The third-order valence-electron chi connectivity index (χ3n) is 7.85. The highest BCUT2D eigenvalue weighted by atomic mass is 32.3. The monoisotopic (exact) mass is 471 g/mol. The fourth-order valence-electron chi connectivity index (χ4n) is 6.26. The molecule has 2 aromatic carbocycles. The van der Waals surface area contributed by atoms with E-state index < -0.39 is 15.3 Å². The number of nitro benzene ring substituents is 1. The summed E-state index contributed by atoms with van der Waals surface area (Å²) in [5, 5.41) is 10.7. The zero-order chi connectivity index (χ0) is 23.4. The lowest BCUT2D eigenvalue weighted by molar-refractivity contribution is -0.384. The van der Waals surface area contributed by atoms with Crippen molar-refractivity contribution in [2.75, 3.05) is 0 Å². The molecule has 0 heterocycles. The fourth-order valence-corrected chi connectivity index (χ4v) is 6.98. The van der Waals surface area contributed by atoms with E-state index in [0.29, 0.717) is 30.0 Å². The van der Waals surface area contributed by atoms with E-state index in [1.165, 1.54) is 17.7 Å². The summed E-state index contributed by atoms with van der Waals surface area (Å²) in [6.45, 7) is 2.14. The number of carbonyl (C=O) groups excluding carboxylic acids is 1. The third-order valence-corrected chi connectivity index (χ3v) is 8.64. The van der Waals surface area contributed by atoms with Crippen LogP contribution in [0.25, 0.3) is 0 Å². The zero-order valence-corrected chi connectivity index (χ0v) is 19.0. The fraction of sp³-hybridized carbons (Fsp3) is 0.458. The van der Waals surface area contributed by atoms with Crippen LogP contribution in [0.3, 0.4) is 0 Å². The summed E-state index contributed by atoms with van der Waals surface area (Å²) >= 11 is 0. The highest BCUT2D eigenvalue weighted by Gasteiger charge is 2.54. The molecule has 0 amide bonds. The Morgan fingerprint density at radius 3 is 2.42 bits per heavy atom. The number of fused-ring (bicyclic) bond motifs is 5. The van der Waals surface area contributed by atoms with Gasteiger partial charge in [0.25, 0.3) is 5.69 Å². The van der Waals surface area contributed by atoms with Crippen molar-refractivity contribution in [1.29, 1.82) is 0 Å². The van der Waals surface area contributed by atoms with Crippen LogP contribution in [0.4, 0.5) is 5.69 Å². The van der Waals surface area contributed by atoms with Crippen LogP contribution in [0.1, 0.15) is 56.1 Å². The summed E-state index contributed by atoms with van der Waals surface area (Å²) in [6.07, 6.45) is 5.35. The van der Waals surface area contributed by atoms with E-state index in [1.54, 1.807) is 12.1 Å². The molecule has 3 aliphatic carbocycles. The van der Waals surface area contributed by atoms with Crippen molar-refractivity contribution >= 4 is 21.9 Å². The molecule has 0 aromatic heterocycles. The Morgan fingerprint density at radius 2 is 1.70 bits per heavy atom. The van der Waals surface area contributed by atoms with Gasteiger partial charge in [0.1, 0.15) is 17.3 Å². The molecule has 0 N–H and O–H groups in total. The standard InChI is InChI=1S/C24H25NO7S/c1-24-13-12-20-19-9-7-18(14-15(19)2-8-21(20)22(24)10-11-23(24)26)32-33(29,30)31-17-5-3-16(4-6-17)25(27)28/h3-7,9,14,20-22H,2,8,10-13H2,1H3/t20-,21-,22+,24+/m1/s1. The second-order valence-electron chi connectivity index (χ2n) is 9.52. The number of nitrogens with zero attached hydrogens (tertiary/aromatic N) is 1. The Morgan fingerprint density at radius 1 is 1.00 bits per heavy atom. The molecule has 5 rings (SSSR count). The molecule has 0 radical (unpaired) electrons. The van der Waals surface area contributed by atoms with Crippen LogP contribution in [0.2, 0.25) is 0 Å². The second kappa shape index (κ2) is 7.83. The van der Waals surface area contributed by atoms with Crippen LogP contribution in [-0.2, 0) is 21.6 Å². The number of non-ortho nitro benzene ring substituents is 1. The molecule has 0 unspecified atom stereocenters. The molecule has 9 heteroatoms. The maximum Gasteiger partial charge on any atom is 0.500 e. The quantitative estimate of drug-likeness (QED) is 0.458. The molecule has 33 heavy (non-hydrogen) atoms. The van der Waals surface area contributed by atoms with Gasteiger partial charge in [-0.05, 0) is 85.3 Å². The molecule has 4 atom stereocenters. The van der Waals surface area contributed by atoms with E-state index in [2.05, 4.69) is 6.92 Å². The minimum Gasteiger partial charge on any atom is -0.353 e. The van der Waals surface area contributed by atoms with Crippen LogP contribution in [0.5, 0.6) is 11.5 Å². The first-order valence-electron chi connectivity index (χ1n) is 11.2. The van der Waals surface area contributed by atoms with Gasteiger partial charge in [0.05, 0.1) is 4.92 Å². The first kappa shape index (κ1) is 21.9. The molecule has 0 bridgehead atoms. The Hall–Kier alpha value is -2.94. The molecule has 2 aromatic rings. The average molecular weight is 472 g/mol. The topological polar surface area (TPSA) is 113 Å². The molecule has 0 spiro atoms. The average Bonchev–Trinajstić information content (AvgIpc) is 3.07. The maximum absolute atomic E-state index is 12.5. The molecule has 0 saturated heterocycles. The van der Waals surface area contributed by atoms with Crippen molar-refractivity contribution in [2.24, 2.45) is 17.3 Å². The van der Waals surface area contributed by atoms with Crippen LogP contribution in [-0.4, -0.2) is 19.1 Å². The van der Waals surface area contributed by atoms with E-state index in [-0.39, 0.29) is 22.6 Å². The van der Waals surface area contributed by atoms with E-state index in [1.807, 2.05) is 6.07 Å². The lowest BCUT2D eigenvalue weighted by Gasteiger charge is -2.48. The van der Waals surface area contributed by atoms with Gasteiger partial charge in [-0.15, -0.1) is 8.42 Å². The smallest absolute Gasteiger partial charge is 0.353 e. The number of carbonyl (C=O) groups is 1. The molecular formula is C24H25NO7S. The lowest BCUT2D eigenvalue weighted by atomic mass is 9.55. The Bertz CT molecular complexity index is 1220. The predicted octanol–water partition coefficient (Wildman–Crippen LogP) is 4.72. The number of nitro groups is 1. The number of ketones is 1. The zero-order valence-electron chi connectivity index (χ0n) is 18.2. The Labute approximate surface area is 192 Å². The first-order valence-corrected chi connectivity index (χ1v) is 12.5. The molecule has 8 nitrogen and oxygen atoms in total. The van der Waals surface area contributed by atoms with Gasteiger partial charge >= 0.3 is 10.4 Å². The summed E-state index contributed by atoms with van der Waals surface area (Å²) in [4.78, 5) is 22.6. The van der Waals surface area contributed by atoms with Crippen LogP contribution >= 0.6 is 0 Å². The normalized spacial score (nSPS) is 28.4. The maximum atomic E-state index is 12.5. The molecule has 3 aliphatic rings. The summed E-state index contributed by atoms with van der Waals surface area (Å²) in [7, 11) is -4.40. The Kier molecular flexibility index (Phi) is 5.19. The van der Waals surface area contributed by atoms with E-state index in [4.69, 9.17) is 8.37 Å². The van der Waals surface area contributed by atoms with Gasteiger partial charge in [-0.3, -0.25) is 14.9 Å².